The number of rotatable bonds is 1. The zero-order chi connectivity index (χ0) is 15.7. The molecule has 0 atom stereocenters. The molecule has 0 saturated heterocycles. The number of para-hydroxylation sites is 1. The van der Waals surface area contributed by atoms with E-state index in [2.05, 4.69) is 80.5 Å². The molecule has 0 aromatic heterocycles. The lowest BCUT2D eigenvalue weighted by Crippen LogP contribution is -2.30. The summed E-state index contributed by atoms with van der Waals surface area (Å²) in [5.74, 6) is 6.64. The Labute approximate surface area is 133 Å². The molecule has 22 heavy (non-hydrogen) atoms. The maximum absolute atomic E-state index is 4.37. The van der Waals surface area contributed by atoms with Crippen LogP contribution in [0.1, 0.15) is 37.5 Å². The zero-order valence-corrected chi connectivity index (χ0v) is 13.5. The molecule has 0 saturated carbocycles. The first-order valence-electron chi connectivity index (χ1n) is 7.63. The molecule has 0 bridgehead atoms. The van der Waals surface area contributed by atoms with E-state index in [4.69, 9.17) is 0 Å². The fourth-order valence-corrected chi connectivity index (χ4v) is 2.63. The van der Waals surface area contributed by atoms with E-state index in [1.807, 2.05) is 12.1 Å². The predicted molar refractivity (Wildman–Crippen MR) is 93.6 cm³/mol. The molecule has 1 aliphatic heterocycles. The maximum Gasteiger partial charge on any atom is 0.0570 e. The van der Waals surface area contributed by atoms with Gasteiger partial charge in [0, 0.05) is 28.8 Å². The molecule has 0 radical (unpaired) electrons. The van der Waals surface area contributed by atoms with E-state index < -0.39 is 0 Å². The summed E-state index contributed by atoms with van der Waals surface area (Å²) < 4.78 is 0. The summed E-state index contributed by atoms with van der Waals surface area (Å²) in [6.45, 7) is 11.8. The topological polar surface area (TPSA) is 3.24 Å². The number of hydrogen-bond acceptors (Lipinski definition) is 1. The first-order chi connectivity index (χ1) is 10.5. The van der Waals surface area contributed by atoms with E-state index in [1.54, 1.807) is 0 Å². The highest BCUT2D eigenvalue weighted by Crippen LogP contribution is 2.35. The van der Waals surface area contributed by atoms with Crippen LogP contribution >= 0.6 is 0 Å². The first kappa shape index (κ1) is 14.5. The number of nitrogens with zero attached hydrogens (tertiary/aromatic N) is 1. The van der Waals surface area contributed by atoms with Gasteiger partial charge in [0.2, 0.25) is 0 Å². The Hall–Kier alpha value is -2.46. The van der Waals surface area contributed by atoms with Crippen molar-refractivity contribution in [2.24, 2.45) is 5.41 Å². The molecule has 0 aliphatic carbocycles. The van der Waals surface area contributed by atoms with Gasteiger partial charge in [-0.3, -0.25) is 0 Å². The highest BCUT2D eigenvalue weighted by Gasteiger charge is 2.24. The van der Waals surface area contributed by atoms with Crippen molar-refractivity contribution in [3.05, 3.63) is 77.5 Å². The standard InChI is InChI=1S/C21H21N/c1-16(21(2,3)4)22-15-19-11-6-5-9-17(19)13-14-18-10-7-8-12-20(18)22/h5-12H,1,15H2,2-4H3. The summed E-state index contributed by atoms with van der Waals surface area (Å²) in [6, 6.07) is 16.7. The van der Waals surface area contributed by atoms with Crippen LogP contribution in [0.25, 0.3) is 0 Å². The van der Waals surface area contributed by atoms with Gasteiger partial charge in [-0.25, -0.2) is 0 Å². The third kappa shape index (κ3) is 2.65. The molecule has 0 amide bonds. The molecule has 2 aromatic carbocycles. The largest absolute Gasteiger partial charge is 0.340 e. The van der Waals surface area contributed by atoms with Crippen LogP contribution < -0.4 is 4.90 Å². The molecule has 0 N–H and O–H groups in total. The van der Waals surface area contributed by atoms with Crippen LogP contribution in [0, 0.1) is 17.3 Å². The molecule has 2 aromatic rings. The van der Waals surface area contributed by atoms with Crippen LogP contribution in [0.3, 0.4) is 0 Å². The lowest BCUT2D eigenvalue weighted by molar-refractivity contribution is 0.484. The second-order valence-electron chi connectivity index (χ2n) is 6.71. The minimum atomic E-state index is 0.00861. The van der Waals surface area contributed by atoms with Crippen molar-refractivity contribution in [2.75, 3.05) is 4.90 Å². The van der Waals surface area contributed by atoms with Gasteiger partial charge in [-0.1, -0.05) is 69.5 Å². The average molecular weight is 287 g/mol. The number of benzene rings is 2. The summed E-state index contributed by atoms with van der Waals surface area (Å²) in [4.78, 5) is 2.31. The second-order valence-corrected chi connectivity index (χ2v) is 6.71. The smallest absolute Gasteiger partial charge is 0.0570 e. The van der Waals surface area contributed by atoms with Crippen LogP contribution in [0.5, 0.6) is 0 Å². The molecule has 0 fully saturated rings. The molecule has 1 nitrogen and oxygen atoms in total. The van der Waals surface area contributed by atoms with E-state index in [-0.39, 0.29) is 5.41 Å². The number of anilines is 1. The molecule has 1 heterocycles. The lowest BCUT2D eigenvalue weighted by atomic mass is 9.90. The second kappa shape index (κ2) is 5.39. The molecular formula is C21H21N. The van der Waals surface area contributed by atoms with Crippen molar-refractivity contribution in [1.82, 2.24) is 0 Å². The van der Waals surface area contributed by atoms with E-state index in [9.17, 15) is 0 Å². The number of hydrogen-bond donors (Lipinski definition) is 0. The lowest BCUT2D eigenvalue weighted by Gasteiger charge is -2.36. The normalized spacial score (nSPS) is 13.1. The van der Waals surface area contributed by atoms with E-state index in [0.717, 1.165) is 29.1 Å². The molecular weight excluding hydrogens is 266 g/mol. The van der Waals surface area contributed by atoms with Crippen molar-refractivity contribution in [1.29, 1.82) is 0 Å². The third-order valence-electron chi connectivity index (χ3n) is 4.06. The van der Waals surface area contributed by atoms with Gasteiger partial charge < -0.3 is 4.90 Å². The molecule has 1 aliphatic rings. The van der Waals surface area contributed by atoms with Crippen LogP contribution in [-0.2, 0) is 6.54 Å². The van der Waals surface area contributed by atoms with Crippen LogP contribution in [0.4, 0.5) is 5.69 Å². The van der Waals surface area contributed by atoms with Gasteiger partial charge in [-0.2, -0.15) is 0 Å². The quantitative estimate of drug-likeness (QED) is 0.670. The molecule has 1 heteroatoms. The van der Waals surface area contributed by atoms with Crippen molar-refractivity contribution in [2.45, 2.75) is 27.3 Å². The van der Waals surface area contributed by atoms with Crippen molar-refractivity contribution in [3.8, 4) is 11.8 Å². The predicted octanol–water partition coefficient (Wildman–Crippen LogP) is 4.97. The Kier molecular flexibility index (Phi) is 3.54. The van der Waals surface area contributed by atoms with Gasteiger partial charge in [0.15, 0.2) is 0 Å². The Bertz CT molecular complexity index is 781. The van der Waals surface area contributed by atoms with E-state index in [1.165, 1.54) is 5.56 Å². The molecule has 0 spiro atoms. The van der Waals surface area contributed by atoms with Crippen LogP contribution in [0.15, 0.2) is 60.8 Å². The average Bonchev–Trinajstić information content (AvgIpc) is 2.48. The Balaban J connectivity index is 2.20. The van der Waals surface area contributed by atoms with Crippen molar-refractivity contribution < 1.29 is 0 Å². The Morgan fingerprint density at radius 1 is 0.955 bits per heavy atom. The SMILES string of the molecule is C=C(N1Cc2ccccc2C#Cc2ccccc21)C(C)(C)C. The van der Waals surface area contributed by atoms with Gasteiger partial charge in [-0.05, 0) is 23.8 Å². The van der Waals surface area contributed by atoms with Gasteiger partial charge in [0.1, 0.15) is 0 Å². The van der Waals surface area contributed by atoms with Crippen molar-refractivity contribution >= 4 is 5.69 Å². The monoisotopic (exact) mass is 287 g/mol. The zero-order valence-electron chi connectivity index (χ0n) is 13.5. The molecule has 0 unspecified atom stereocenters. The Morgan fingerprint density at radius 2 is 1.55 bits per heavy atom. The Morgan fingerprint density at radius 3 is 2.27 bits per heavy atom. The molecule has 110 valence electrons. The fraction of sp³-hybridized carbons (Fsp3) is 0.238. The number of allylic oxidation sites excluding steroid dienone is 1. The highest BCUT2D eigenvalue weighted by atomic mass is 15.1. The summed E-state index contributed by atoms with van der Waals surface area (Å²) in [5.41, 5.74) is 5.67. The summed E-state index contributed by atoms with van der Waals surface area (Å²) in [7, 11) is 0. The summed E-state index contributed by atoms with van der Waals surface area (Å²) >= 11 is 0. The number of fused-ring (bicyclic) bond motifs is 2. The van der Waals surface area contributed by atoms with E-state index >= 15 is 0 Å². The summed E-state index contributed by atoms with van der Waals surface area (Å²) in [6.07, 6.45) is 0. The molecule has 3 rings (SSSR count). The fourth-order valence-electron chi connectivity index (χ4n) is 2.63. The highest BCUT2D eigenvalue weighted by molar-refractivity contribution is 5.67. The van der Waals surface area contributed by atoms with Gasteiger partial charge in [0.05, 0.1) is 5.69 Å². The van der Waals surface area contributed by atoms with Crippen LogP contribution in [-0.4, -0.2) is 0 Å². The van der Waals surface area contributed by atoms with Gasteiger partial charge >= 0.3 is 0 Å². The minimum Gasteiger partial charge on any atom is -0.340 e. The summed E-state index contributed by atoms with van der Waals surface area (Å²) in [5, 5.41) is 0. The van der Waals surface area contributed by atoms with Crippen LogP contribution in [0.2, 0.25) is 0 Å². The minimum absolute atomic E-state index is 0.00861. The van der Waals surface area contributed by atoms with Crippen molar-refractivity contribution in [3.63, 3.8) is 0 Å². The maximum atomic E-state index is 4.37. The third-order valence-corrected chi connectivity index (χ3v) is 4.06. The van der Waals surface area contributed by atoms with E-state index in [0.29, 0.717) is 0 Å². The van der Waals surface area contributed by atoms with Gasteiger partial charge in [0.25, 0.3) is 0 Å². The first-order valence-corrected chi connectivity index (χ1v) is 7.63. The van der Waals surface area contributed by atoms with Gasteiger partial charge in [-0.15, -0.1) is 0 Å².